The first-order chi connectivity index (χ1) is 10.1. The summed E-state index contributed by atoms with van der Waals surface area (Å²) in [6, 6.07) is 4.69. The number of benzene rings is 1. The standard InChI is InChI=1S/C15H20N2O4/c1-2-20-13-6-5-11(9-12(13)16)15(19)21-10-14(18)17-7-3-4-8-17/h5-6,9H,2-4,7-8,10,16H2,1H3. The Balaban J connectivity index is 1.90. The van der Waals surface area contributed by atoms with Crippen LogP contribution >= 0.6 is 0 Å². The molecule has 2 rings (SSSR count). The van der Waals surface area contributed by atoms with Gasteiger partial charge in [-0.2, -0.15) is 0 Å². The van der Waals surface area contributed by atoms with Gasteiger partial charge in [-0.3, -0.25) is 4.79 Å². The maximum Gasteiger partial charge on any atom is 0.338 e. The minimum Gasteiger partial charge on any atom is -0.492 e. The van der Waals surface area contributed by atoms with E-state index in [1.165, 1.54) is 6.07 Å². The van der Waals surface area contributed by atoms with Crippen molar-refractivity contribution >= 4 is 17.6 Å². The number of nitrogens with zero attached hydrogens (tertiary/aromatic N) is 1. The van der Waals surface area contributed by atoms with Crippen LogP contribution in [0.4, 0.5) is 5.69 Å². The first-order valence-electron chi connectivity index (χ1n) is 7.09. The van der Waals surface area contributed by atoms with Crippen LogP contribution in [0.3, 0.4) is 0 Å². The lowest BCUT2D eigenvalue weighted by Crippen LogP contribution is -2.32. The minimum absolute atomic E-state index is 0.153. The van der Waals surface area contributed by atoms with E-state index in [4.69, 9.17) is 15.2 Å². The average molecular weight is 292 g/mol. The van der Waals surface area contributed by atoms with Gasteiger partial charge in [-0.05, 0) is 38.0 Å². The minimum atomic E-state index is -0.558. The van der Waals surface area contributed by atoms with E-state index in [1.54, 1.807) is 17.0 Å². The largest absolute Gasteiger partial charge is 0.492 e. The third-order valence-electron chi connectivity index (χ3n) is 3.33. The lowest BCUT2D eigenvalue weighted by atomic mass is 10.2. The summed E-state index contributed by atoms with van der Waals surface area (Å²) in [5.74, 6) is -0.181. The van der Waals surface area contributed by atoms with Crippen LogP contribution < -0.4 is 10.5 Å². The fraction of sp³-hybridized carbons (Fsp3) is 0.467. The molecule has 0 saturated carbocycles. The third kappa shape index (κ3) is 3.87. The van der Waals surface area contributed by atoms with E-state index in [0.717, 1.165) is 25.9 Å². The van der Waals surface area contributed by atoms with Crippen molar-refractivity contribution in [3.63, 3.8) is 0 Å². The number of nitrogen functional groups attached to an aromatic ring is 1. The number of esters is 1. The van der Waals surface area contributed by atoms with Gasteiger partial charge in [0.05, 0.1) is 17.9 Å². The molecule has 0 aliphatic carbocycles. The summed E-state index contributed by atoms with van der Waals surface area (Å²) >= 11 is 0. The molecule has 1 amide bonds. The van der Waals surface area contributed by atoms with Gasteiger partial charge in [0, 0.05) is 13.1 Å². The number of rotatable bonds is 5. The molecule has 2 N–H and O–H groups in total. The van der Waals surface area contributed by atoms with Crippen LogP contribution in [0, 0.1) is 0 Å². The van der Waals surface area contributed by atoms with Crippen molar-refractivity contribution in [2.45, 2.75) is 19.8 Å². The quantitative estimate of drug-likeness (QED) is 0.656. The van der Waals surface area contributed by atoms with Gasteiger partial charge < -0.3 is 20.1 Å². The molecule has 0 bridgehead atoms. The molecule has 1 saturated heterocycles. The van der Waals surface area contributed by atoms with E-state index in [1.807, 2.05) is 6.92 Å². The number of hydrogen-bond acceptors (Lipinski definition) is 5. The molecule has 0 unspecified atom stereocenters. The Bertz CT molecular complexity index is 524. The zero-order chi connectivity index (χ0) is 15.2. The Morgan fingerprint density at radius 3 is 2.62 bits per heavy atom. The molecule has 6 heteroatoms. The smallest absolute Gasteiger partial charge is 0.338 e. The number of ether oxygens (including phenoxy) is 2. The van der Waals surface area contributed by atoms with E-state index in [-0.39, 0.29) is 12.5 Å². The molecule has 1 aromatic carbocycles. The molecular formula is C15H20N2O4. The molecule has 0 aromatic heterocycles. The molecule has 1 heterocycles. The number of nitrogens with two attached hydrogens (primary N) is 1. The monoisotopic (exact) mass is 292 g/mol. The summed E-state index contributed by atoms with van der Waals surface area (Å²) in [6.07, 6.45) is 2.02. The lowest BCUT2D eigenvalue weighted by molar-refractivity contribution is -0.133. The van der Waals surface area contributed by atoms with Crippen molar-refractivity contribution in [3.8, 4) is 5.75 Å². The number of anilines is 1. The maximum absolute atomic E-state index is 11.9. The Kier molecular flexibility index (Phi) is 5.03. The van der Waals surface area contributed by atoms with Crippen molar-refractivity contribution in [1.82, 2.24) is 4.90 Å². The molecule has 0 spiro atoms. The average Bonchev–Trinajstić information content (AvgIpc) is 3.01. The van der Waals surface area contributed by atoms with E-state index in [0.29, 0.717) is 23.6 Å². The molecule has 6 nitrogen and oxygen atoms in total. The lowest BCUT2D eigenvalue weighted by Gasteiger charge is -2.15. The fourth-order valence-electron chi connectivity index (χ4n) is 2.23. The summed E-state index contributed by atoms with van der Waals surface area (Å²) in [5, 5.41) is 0. The first kappa shape index (κ1) is 15.2. The van der Waals surface area contributed by atoms with E-state index < -0.39 is 5.97 Å². The number of hydrogen-bond donors (Lipinski definition) is 1. The SMILES string of the molecule is CCOc1ccc(C(=O)OCC(=O)N2CCCC2)cc1N. The van der Waals surface area contributed by atoms with Gasteiger partial charge in [-0.25, -0.2) is 4.79 Å². The van der Waals surface area contributed by atoms with Crippen molar-refractivity contribution in [2.75, 3.05) is 32.0 Å². The highest BCUT2D eigenvalue weighted by molar-refractivity contribution is 5.92. The summed E-state index contributed by atoms with van der Waals surface area (Å²) in [5.41, 5.74) is 6.48. The van der Waals surface area contributed by atoms with Crippen molar-refractivity contribution in [1.29, 1.82) is 0 Å². The van der Waals surface area contributed by atoms with Crippen LogP contribution in [-0.4, -0.2) is 43.1 Å². The second-order valence-corrected chi connectivity index (χ2v) is 4.85. The Labute approximate surface area is 123 Å². The van der Waals surface area contributed by atoms with Crippen molar-refractivity contribution < 1.29 is 19.1 Å². The fourth-order valence-corrected chi connectivity index (χ4v) is 2.23. The predicted octanol–water partition coefficient (Wildman–Crippen LogP) is 1.45. The Hall–Kier alpha value is -2.24. The zero-order valence-corrected chi connectivity index (χ0v) is 12.1. The second-order valence-electron chi connectivity index (χ2n) is 4.85. The first-order valence-corrected chi connectivity index (χ1v) is 7.09. The Morgan fingerprint density at radius 1 is 1.29 bits per heavy atom. The highest BCUT2D eigenvalue weighted by Crippen LogP contribution is 2.22. The summed E-state index contributed by atoms with van der Waals surface area (Å²) in [7, 11) is 0. The molecule has 21 heavy (non-hydrogen) atoms. The zero-order valence-electron chi connectivity index (χ0n) is 12.1. The van der Waals surface area contributed by atoms with Crippen LogP contribution in [0.1, 0.15) is 30.1 Å². The van der Waals surface area contributed by atoms with E-state index in [2.05, 4.69) is 0 Å². The van der Waals surface area contributed by atoms with Crippen LogP contribution in [-0.2, 0) is 9.53 Å². The van der Waals surface area contributed by atoms with E-state index in [9.17, 15) is 9.59 Å². The van der Waals surface area contributed by atoms with Gasteiger partial charge in [0.2, 0.25) is 0 Å². The molecule has 1 aliphatic rings. The summed E-state index contributed by atoms with van der Waals surface area (Å²) < 4.78 is 10.3. The van der Waals surface area contributed by atoms with Gasteiger partial charge in [0.15, 0.2) is 6.61 Å². The predicted molar refractivity (Wildman–Crippen MR) is 78.1 cm³/mol. The normalized spacial score (nSPS) is 14.0. The maximum atomic E-state index is 11.9. The second kappa shape index (κ2) is 6.97. The van der Waals surface area contributed by atoms with Crippen molar-refractivity contribution in [3.05, 3.63) is 23.8 Å². The molecule has 1 fully saturated rings. The number of carbonyl (C=O) groups excluding carboxylic acids is 2. The van der Waals surface area contributed by atoms with Crippen LogP contribution in [0.2, 0.25) is 0 Å². The molecule has 1 aromatic rings. The molecule has 0 atom stereocenters. The molecule has 0 radical (unpaired) electrons. The summed E-state index contributed by atoms with van der Waals surface area (Å²) in [4.78, 5) is 25.4. The molecular weight excluding hydrogens is 272 g/mol. The van der Waals surface area contributed by atoms with Crippen molar-refractivity contribution in [2.24, 2.45) is 0 Å². The van der Waals surface area contributed by atoms with Gasteiger partial charge in [0.1, 0.15) is 5.75 Å². The van der Waals surface area contributed by atoms with Gasteiger partial charge in [-0.15, -0.1) is 0 Å². The highest BCUT2D eigenvalue weighted by Gasteiger charge is 2.19. The number of carbonyl (C=O) groups is 2. The molecule has 1 aliphatic heterocycles. The van der Waals surface area contributed by atoms with Crippen LogP contribution in [0.5, 0.6) is 5.75 Å². The number of likely N-dealkylation sites (tertiary alicyclic amines) is 1. The molecule has 114 valence electrons. The highest BCUT2D eigenvalue weighted by atomic mass is 16.5. The van der Waals surface area contributed by atoms with Crippen LogP contribution in [0.15, 0.2) is 18.2 Å². The number of amides is 1. The van der Waals surface area contributed by atoms with Gasteiger partial charge in [-0.1, -0.05) is 0 Å². The van der Waals surface area contributed by atoms with E-state index >= 15 is 0 Å². The third-order valence-corrected chi connectivity index (χ3v) is 3.33. The van der Waals surface area contributed by atoms with Gasteiger partial charge >= 0.3 is 5.97 Å². The summed E-state index contributed by atoms with van der Waals surface area (Å²) in [6.45, 7) is 3.61. The Morgan fingerprint density at radius 2 is 2.00 bits per heavy atom. The van der Waals surface area contributed by atoms with Crippen LogP contribution in [0.25, 0.3) is 0 Å². The topological polar surface area (TPSA) is 81.9 Å². The van der Waals surface area contributed by atoms with Gasteiger partial charge in [0.25, 0.3) is 5.91 Å².